The summed E-state index contributed by atoms with van der Waals surface area (Å²) in [6, 6.07) is 3.52. The molecule has 1 saturated heterocycles. The Morgan fingerprint density at radius 2 is 2.18 bits per heavy atom. The predicted octanol–water partition coefficient (Wildman–Crippen LogP) is 1.63. The molecule has 0 bridgehead atoms. The standard InChI is InChI=1S/C9H16N2/c1-7(2)11-6-9(5-10)4-8(11)3/h7-9H,4,6H2,1-3H3/t8-,9+/m1/s1. The van der Waals surface area contributed by atoms with Crippen LogP contribution in [-0.4, -0.2) is 23.5 Å². The molecule has 11 heavy (non-hydrogen) atoms. The molecule has 2 heteroatoms. The molecular weight excluding hydrogens is 136 g/mol. The van der Waals surface area contributed by atoms with Gasteiger partial charge in [-0.25, -0.2) is 0 Å². The molecule has 2 atom stereocenters. The van der Waals surface area contributed by atoms with E-state index in [4.69, 9.17) is 5.26 Å². The zero-order valence-corrected chi connectivity index (χ0v) is 7.54. The number of nitriles is 1. The second-order valence-electron chi connectivity index (χ2n) is 3.70. The van der Waals surface area contributed by atoms with Gasteiger partial charge in [0.25, 0.3) is 0 Å². The van der Waals surface area contributed by atoms with E-state index in [1.807, 2.05) is 0 Å². The Morgan fingerprint density at radius 1 is 1.55 bits per heavy atom. The first kappa shape index (κ1) is 8.55. The number of hydrogen-bond acceptors (Lipinski definition) is 2. The van der Waals surface area contributed by atoms with Crippen LogP contribution in [0.15, 0.2) is 0 Å². The van der Waals surface area contributed by atoms with Crippen molar-refractivity contribution in [3.8, 4) is 6.07 Å². The van der Waals surface area contributed by atoms with E-state index in [1.165, 1.54) is 0 Å². The lowest BCUT2D eigenvalue weighted by molar-refractivity contribution is 0.214. The Hall–Kier alpha value is -0.550. The molecule has 0 radical (unpaired) electrons. The Kier molecular flexibility index (Phi) is 2.51. The molecule has 1 rings (SSSR count). The van der Waals surface area contributed by atoms with Crippen molar-refractivity contribution in [3.63, 3.8) is 0 Å². The van der Waals surface area contributed by atoms with Gasteiger partial charge in [0.05, 0.1) is 12.0 Å². The van der Waals surface area contributed by atoms with Crippen molar-refractivity contribution < 1.29 is 0 Å². The average molecular weight is 152 g/mol. The van der Waals surface area contributed by atoms with Crippen molar-refractivity contribution in [2.45, 2.75) is 39.3 Å². The molecule has 1 aliphatic rings. The minimum Gasteiger partial charge on any atom is -0.297 e. The molecule has 0 aromatic heterocycles. The molecule has 1 fully saturated rings. The Bertz CT molecular complexity index is 169. The lowest BCUT2D eigenvalue weighted by Crippen LogP contribution is -2.33. The topological polar surface area (TPSA) is 27.0 Å². The summed E-state index contributed by atoms with van der Waals surface area (Å²) in [6.07, 6.45) is 1.05. The number of likely N-dealkylation sites (tertiary alicyclic amines) is 1. The van der Waals surface area contributed by atoms with E-state index < -0.39 is 0 Å². The fourth-order valence-corrected chi connectivity index (χ4v) is 1.87. The Balaban J connectivity index is 2.53. The van der Waals surface area contributed by atoms with Gasteiger partial charge in [-0.2, -0.15) is 5.26 Å². The summed E-state index contributed by atoms with van der Waals surface area (Å²) in [5, 5.41) is 8.71. The van der Waals surface area contributed by atoms with Gasteiger partial charge in [0.1, 0.15) is 0 Å². The normalized spacial score (nSPS) is 32.6. The second kappa shape index (κ2) is 3.23. The highest BCUT2D eigenvalue weighted by Crippen LogP contribution is 2.23. The van der Waals surface area contributed by atoms with E-state index in [-0.39, 0.29) is 5.92 Å². The first-order valence-electron chi connectivity index (χ1n) is 4.30. The van der Waals surface area contributed by atoms with E-state index in [0.717, 1.165) is 13.0 Å². The van der Waals surface area contributed by atoms with Crippen LogP contribution in [0.25, 0.3) is 0 Å². The zero-order valence-electron chi connectivity index (χ0n) is 7.54. The summed E-state index contributed by atoms with van der Waals surface area (Å²) in [7, 11) is 0. The lowest BCUT2D eigenvalue weighted by atomic mass is 10.1. The van der Waals surface area contributed by atoms with E-state index in [9.17, 15) is 0 Å². The molecule has 0 N–H and O–H groups in total. The molecule has 1 aliphatic heterocycles. The Labute approximate surface area is 68.8 Å². The number of nitrogens with zero attached hydrogens (tertiary/aromatic N) is 2. The van der Waals surface area contributed by atoms with Gasteiger partial charge in [0.15, 0.2) is 0 Å². The summed E-state index contributed by atoms with van der Waals surface area (Å²) >= 11 is 0. The quantitative estimate of drug-likeness (QED) is 0.571. The minimum absolute atomic E-state index is 0.271. The van der Waals surface area contributed by atoms with Crippen molar-refractivity contribution in [3.05, 3.63) is 0 Å². The van der Waals surface area contributed by atoms with Gasteiger partial charge >= 0.3 is 0 Å². The van der Waals surface area contributed by atoms with Gasteiger partial charge in [-0.05, 0) is 27.2 Å². The SMILES string of the molecule is CC(C)N1C[C@H](C#N)C[C@H]1C. The minimum atomic E-state index is 0.271. The highest BCUT2D eigenvalue weighted by molar-refractivity contribution is 4.95. The van der Waals surface area contributed by atoms with Crippen molar-refractivity contribution in [1.29, 1.82) is 5.26 Å². The van der Waals surface area contributed by atoms with Crippen LogP contribution in [-0.2, 0) is 0 Å². The predicted molar refractivity (Wildman–Crippen MR) is 45.0 cm³/mol. The maximum Gasteiger partial charge on any atom is 0.0669 e. The van der Waals surface area contributed by atoms with Crippen molar-refractivity contribution in [2.75, 3.05) is 6.54 Å². The van der Waals surface area contributed by atoms with Crippen LogP contribution < -0.4 is 0 Å². The molecule has 0 unspecified atom stereocenters. The largest absolute Gasteiger partial charge is 0.297 e. The highest BCUT2D eigenvalue weighted by Gasteiger charge is 2.29. The van der Waals surface area contributed by atoms with Gasteiger partial charge in [0, 0.05) is 18.6 Å². The van der Waals surface area contributed by atoms with Gasteiger partial charge < -0.3 is 0 Å². The van der Waals surface area contributed by atoms with Gasteiger partial charge in [-0.1, -0.05) is 0 Å². The maximum atomic E-state index is 8.71. The molecule has 0 spiro atoms. The summed E-state index contributed by atoms with van der Waals surface area (Å²) in [4.78, 5) is 2.40. The summed E-state index contributed by atoms with van der Waals surface area (Å²) in [5.41, 5.74) is 0. The van der Waals surface area contributed by atoms with E-state index in [1.54, 1.807) is 0 Å². The molecule has 0 aromatic rings. The van der Waals surface area contributed by atoms with Crippen LogP contribution in [0, 0.1) is 17.2 Å². The van der Waals surface area contributed by atoms with E-state index >= 15 is 0 Å². The van der Waals surface area contributed by atoms with Crippen LogP contribution in [0.4, 0.5) is 0 Å². The van der Waals surface area contributed by atoms with Crippen molar-refractivity contribution >= 4 is 0 Å². The highest BCUT2D eigenvalue weighted by atomic mass is 15.2. The molecule has 1 heterocycles. The monoisotopic (exact) mass is 152 g/mol. The molecule has 0 aliphatic carbocycles. The molecule has 2 nitrogen and oxygen atoms in total. The first-order chi connectivity index (χ1) is 5.15. The van der Waals surface area contributed by atoms with Crippen LogP contribution in [0.5, 0.6) is 0 Å². The van der Waals surface area contributed by atoms with E-state index in [2.05, 4.69) is 31.7 Å². The maximum absolute atomic E-state index is 8.71. The molecular formula is C9H16N2. The number of rotatable bonds is 1. The van der Waals surface area contributed by atoms with E-state index in [0.29, 0.717) is 12.1 Å². The summed E-state index contributed by atoms with van der Waals surface area (Å²) < 4.78 is 0. The third kappa shape index (κ3) is 1.72. The molecule has 62 valence electrons. The second-order valence-corrected chi connectivity index (χ2v) is 3.70. The third-order valence-corrected chi connectivity index (χ3v) is 2.47. The number of hydrogen-bond donors (Lipinski definition) is 0. The van der Waals surface area contributed by atoms with Crippen molar-refractivity contribution in [2.24, 2.45) is 5.92 Å². The summed E-state index contributed by atoms with van der Waals surface area (Å²) in [5.74, 6) is 0.271. The fraction of sp³-hybridized carbons (Fsp3) is 0.889. The summed E-state index contributed by atoms with van der Waals surface area (Å²) in [6.45, 7) is 7.55. The van der Waals surface area contributed by atoms with Crippen LogP contribution in [0.1, 0.15) is 27.2 Å². The molecule has 0 amide bonds. The van der Waals surface area contributed by atoms with Gasteiger partial charge in [-0.3, -0.25) is 4.90 Å². The average Bonchev–Trinajstić information content (AvgIpc) is 2.30. The zero-order chi connectivity index (χ0) is 8.43. The van der Waals surface area contributed by atoms with Crippen molar-refractivity contribution in [1.82, 2.24) is 4.90 Å². The van der Waals surface area contributed by atoms with Crippen LogP contribution in [0.2, 0.25) is 0 Å². The van der Waals surface area contributed by atoms with Crippen LogP contribution >= 0.6 is 0 Å². The smallest absolute Gasteiger partial charge is 0.0669 e. The lowest BCUT2D eigenvalue weighted by Gasteiger charge is -2.24. The molecule has 0 aromatic carbocycles. The van der Waals surface area contributed by atoms with Crippen LogP contribution in [0.3, 0.4) is 0 Å². The third-order valence-electron chi connectivity index (χ3n) is 2.47. The van der Waals surface area contributed by atoms with Gasteiger partial charge in [-0.15, -0.1) is 0 Å². The Morgan fingerprint density at radius 3 is 2.45 bits per heavy atom. The van der Waals surface area contributed by atoms with Gasteiger partial charge in [0.2, 0.25) is 0 Å². The fourth-order valence-electron chi connectivity index (χ4n) is 1.87. The molecule has 0 saturated carbocycles. The first-order valence-corrected chi connectivity index (χ1v) is 4.30.